The molecule has 2 aliphatic rings. The molecule has 0 bridgehead atoms. The highest BCUT2D eigenvalue weighted by molar-refractivity contribution is 5.89. The van der Waals surface area contributed by atoms with E-state index in [2.05, 4.69) is 42.5 Å². The van der Waals surface area contributed by atoms with E-state index in [-0.39, 0.29) is 6.03 Å². The largest absolute Gasteiger partial charge is 0.353 e. The van der Waals surface area contributed by atoms with Crippen molar-refractivity contribution in [2.75, 3.05) is 56.5 Å². The van der Waals surface area contributed by atoms with E-state index in [0.29, 0.717) is 6.54 Å². The number of hydrogen-bond donors (Lipinski definition) is 2. The van der Waals surface area contributed by atoms with Crippen molar-refractivity contribution in [3.63, 3.8) is 0 Å². The number of nitrogens with one attached hydrogen (secondary N) is 2. The van der Waals surface area contributed by atoms with E-state index in [1.54, 1.807) is 0 Å². The second-order valence-corrected chi connectivity index (χ2v) is 7.89. The van der Waals surface area contributed by atoms with E-state index in [0.717, 1.165) is 75.1 Å². The van der Waals surface area contributed by atoms with Crippen LogP contribution in [0.5, 0.6) is 0 Å². The number of amides is 2. The summed E-state index contributed by atoms with van der Waals surface area (Å²) in [6.07, 6.45) is 4.02. The second kappa shape index (κ2) is 10.1. The van der Waals surface area contributed by atoms with Gasteiger partial charge in [0.25, 0.3) is 0 Å². The van der Waals surface area contributed by atoms with Gasteiger partial charge in [0, 0.05) is 64.7 Å². The first kappa shape index (κ1) is 21.0. The summed E-state index contributed by atoms with van der Waals surface area (Å²) in [5.74, 6) is 1.92. The van der Waals surface area contributed by atoms with E-state index in [4.69, 9.17) is 0 Å². The Bertz CT molecular complexity index is 888. The molecule has 2 aliphatic heterocycles. The topological polar surface area (TPSA) is 76.1 Å². The molecule has 0 atom stereocenters. The van der Waals surface area contributed by atoms with Crippen LogP contribution in [0.4, 0.5) is 16.3 Å². The van der Waals surface area contributed by atoms with Crippen LogP contribution >= 0.6 is 0 Å². The first-order valence-corrected chi connectivity index (χ1v) is 11.0. The number of urea groups is 1. The number of anilines is 2. The van der Waals surface area contributed by atoms with Crippen LogP contribution in [0.25, 0.3) is 0 Å². The lowest BCUT2D eigenvalue weighted by molar-refractivity contribution is 0.222. The Morgan fingerprint density at radius 2 is 1.81 bits per heavy atom. The Morgan fingerprint density at radius 3 is 2.52 bits per heavy atom. The minimum Gasteiger partial charge on any atom is -0.353 e. The first-order valence-electron chi connectivity index (χ1n) is 11.0. The van der Waals surface area contributed by atoms with Crippen molar-refractivity contribution >= 4 is 23.5 Å². The fourth-order valence-electron chi connectivity index (χ4n) is 4.08. The van der Waals surface area contributed by atoms with E-state index in [1.807, 2.05) is 48.5 Å². The van der Waals surface area contributed by atoms with Gasteiger partial charge < -0.3 is 25.3 Å². The highest BCUT2D eigenvalue weighted by atomic mass is 16.2. The number of likely N-dealkylation sites (tertiary alicyclic amines) is 1. The van der Waals surface area contributed by atoms with Crippen molar-refractivity contribution in [2.45, 2.75) is 19.4 Å². The molecule has 0 unspecified atom stereocenters. The summed E-state index contributed by atoms with van der Waals surface area (Å²) in [5.41, 5.74) is 1.93. The molecule has 0 radical (unpaired) electrons. The van der Waals surface area contributed by atoms with Gasteiger partial charge in [0.1, 0.15) is 5.82 Å². The van der Waals surface area contributed by atoms with Gasteiger partial charge in [-0.25, -0.2) is 9.78 Å². The van der Waals surface area contributed by atoms with Crippen molar-refractivity contribution in [3.8, 4) is 0 Å². The molecule has 2 fully saturated rings. The van der Waals surface area contributed by atoms with Crippen molar-refractivity contribution in [1.29, 1.82) is 0 Å². The lowest BCUT2D eigenvalue weighted by Crippen LogP contribution is -2.52. The number of aromatic nitrogens is 1. The van der Waals surface area contributed by atoms with Crippen molar-refractivity contribution in [2.24, 2.45) is 4.99 Å². The Morgan fingerprint density at radius 1 is 1.00 bits per heavy atom. The Balaban J connectivity index is 1.28. The molecule has 1 aromatic carbocycles. The predicted molar refractivity (Wildman–Crippen MR) is 124 cm³/mol. The van der Waals surface area contributed by atoms with Crippen molar-refractivity contribution < 1.29 is 4.79 Å². The molecule has 2 saturated heterocycles. The van der Waals surface area contributed by atoms with E-state index < -0.39 is 0 Å². The average Bonchev–Trinajstić information content (AvgIpc) is 3.36. The zero-order chi connectivity index (χ0) is 21.5. The number of piperazine rings is 1. The molecule has 3 heterocycles. The summed E-state index contributed by atoms with van der Waals surface area (Å²) in [4.78, 5) is 27.7. The summed E-state index contributed by atoms with van der Waals surface area (Å²) in [5, 5.41) is 6.48. The van der Waals surface area contributed by atoms with Crippen LogP contribution in [0.2, 0.25) is 0 Å². The van der Waals surface area contributed by atoms with Crippen LogP contribution in [-0.4, -0.2) is 73.1 Å². The maximum absolute atomic E-state index is 12.3. The standard InChI is InChI=1S/C23H31N7O/c1-24-22(29-15-13-28(14-16-29)21-9-2-3-10-25-21)26-18-19-7-6-8-20(17-19)27-23(31)30-11-4-5-12-30/h2-3,6-10,17H,4-5,11-16,18H2,1H3,(H,24,26)(H,27,31). The number of rotatable bonds is 4. The maximum atomic E-state index is 12.3. The summed E-state index contributed by atoms with van der Waals surface area (Å²) in [7, 11) is 1.82. The number of guanidine groups is 1. The van der Waals surface area contributed by atoms with Crippen LogP contribution in [0.1, 0.15) is 18.4 Å². The summed E-state index contributed by atoms with van der Waals surface area (Å²) in [6.45, 7) is 5.95. The van der Waals surface area contributed by atoms with Gasteiger partial charge in [-0.1, -0.05) is 18.2 Å². The molecule has 8 heteroatoms. The molecule has 0 spiro atoms. The molecule has 0 saturated carbocycles. The molecule has 4 rings (SSSR count). The van der Waals surface area contributed by atoms with Gasteiger partial charge in [0.2, 0.25) is 0 Å². The third-order valence-electron chi connectivity index (χ3n) is 5.79. The highest BCUT2D eigenvalue weighted by Gasteiger charge is 2.20. The number of hydrogen-bond acceptors (Lipinski definition) is 4. The van der Waals surface area contributed by atoms with E-state index >= 15 is 0 Å². The third-order valence-corrected chi connectivity index (χ3v) is 5.79. The van der Waals surface area contributed by atoms with Crippen LogP contribution in [0.15, 0.2) is 53.7 Å². The molecule has 2 N–H and O–H groups in total. The smallest absolute Gasteiger partial charge is 0.321 e. The minimum absolute atomic E-state index is 0.0100. The second-order valence-electron chi connectivity index (χ2n) is 7.89. The molecule has 2 aromatic rings. The number of nitrogens with zero attached hydrogens (tertiary/aromatic N) is 5. The van der Waals surface area contributed by atoms with Crippen LogP contribution in [-0.2, 0) is 6.54 Å². The number of benzene rings is 1. The zero-order valence-electron chi connectivity index (χ0n) is 18.1. The fourth-order valence-corrected chi connectivity index (χ4v) is 4.08. The SMILES string of the molecule is CN=C(NCc1cccc(NC(=O)N2CCCC2)c1)N1CCN(c2ccccn2)CC1. The number of carbonyl (C=O) groups excluding carboxylic acids is 1. The zero-order valence-corrected chi connectivity index (χ0v) is 18.1. The quantitative estimate of drug-likeness (QED) is 0.586. The molecule has 1 aromatic heterocycles. The Hall–Kier alpha value is -3.29. The van der Waals surface area contributed by atoms with Crippen LogP contribution < -0.4 is 15.5 Å². The van der Waals surface area contributed by atoms with Gasteiger partial charge in [0.05, 0.1) is 0 Å². The summed E-state index contributed by atoms with van der Waals surface area (Å²) in [6, 6.07) is 14.0. The lowest BCUT2D eigenvalue weighted by Gasteiger charge is -2.37. The van der Waals surface area contributed by atoms with E-state index in [9.17, 15) is 4.79 Å². The van der Waals surface area contributed by atoms with Gasteiger partial charge >= 0.3 is 6.03 Å². The molecule has 164 valence electrons. The molecular formula is C23H31N7O. The van der Waals surface area contributed by atoms with Crippen LogP contribution in [0, 0.1) is 0 Å². The fraction of sp³-hybridized carbons (Fsp3) is 0.435. The van der Waals surface area contributed by atoms with Crippen molar-refractivity contribution in [1.82, 2.24) is 20.1 Å². The molecular weight excluding hydrogens is 390 g/mol. The Labute approximate surface area is 184 Å². The predicted octanol–water partition coefficient (Wildman–Crippen LogP) is 2.61. The van der Waals surface area contributed by atoms with E-state index in [1.165, 1.54) is 0 Å². The number of aliphatic imine (C=N–C) groups is 1. The van der Waals surface area contributed by atoms with Crippen molar-refractivity contribution in [3.05, 3.63) is 54.2 Å². The molecule has 31 heavy (non-hydrogen) atoms. The van der Waals surface area contributed by atoms with Gasteiger partial charge in [-0.15, -0.1) is 0 Å². The molecule has 2 amide bonds. The van der Waals surface area contributed by atoms with Gasteiger partial charge in [-0.3, -0.25) is 4.99 Å². The highest BCUT2D eigenvalue weighted by Crippen LogP contribution is 2.15. The maximum Gasteiger partial charge on any atom is 0.321 e. The third kappa shape index (κ3) is 5.45. The average molecular weight is 422 g/mol. The monoisotopic (exact) mass is 421 g/mol. The van der Waals surface area contributed by atoms with Crippen LogP contribution in [0.3, 0.4) is 0 Å². The number of carbonyl (C=O) groups is 1. The summed E-state index contributed by atoms with van der Waals surface area (Å²) >= 11 is 0. The minimum atomic E-state index is -0.0100. The van der Waals surface area contributed by atoms with Gasteiger partial charge in [-0.2, -0.15) is 0 Å². The summed E-state index contributed by atoms with van der Waals surface area (Å²) < 4.78 is 0. The lowest BCUT2D eigenvalue weighted by atomic mass is 10.2. The first-order chi connectivity index (χ1) is 15.2. The van der Waals surface area contributed by atoms with Gasteiger partial charge in [0.15, 0.2) is 5.96 Å². The normalized spacial score (nSPS) is 17.1. The Kier molecular flexibility index (Phi) is 6.86. The van der Waals surface area contributed by atoms with Gasteiger partial charge in [-0.05, 0) is 42.7 Å². The molecule has 0 aliphatic carbocycles. The number of pyridine rings is 1. The molecule has 8 nitrogen and oxygen atoms in total.